The standard InChI is InChI=1S/C15H18N2OS/c1-9(2)15-16-12(8-14(19)17-15)11-7-10(3)5-6-13(11)18-4/h5-9H,1-4H3,(H,16,17,19). The van der Waals surface area contributed by atoms with Gasteiger partial charge in [-0.15, -0.1) is 0 Å². The highest BCUT2D eigenvalue weighted by Gasteiger charge is 2.10. The third-order valence-electron chi connectivity index (χ3n) is 2.95. The summed E-state index contributed by atoms with van der Waals surface area (Å²) in [5.74, 6) is 2.03. The Hall–Kier alpha value is -1.68. The first-order valence-corrected chi connectivity index (χ1v) is 6.68. The quantitative estimate of drug-likeness (QED) is 0.850. The molecule has 0 atom stereocenters. The van der Waals surface area contributed by atoms with Gasteiger partial charge in [0, 0.05) is 11.5 Å². The lowest BCUT2D eigenvalue weighted by Gasteiger charge is -2.12. The van der Waals surface area contributed by atoms with Gasteiger partial charge in [0.05, 0.1) is 12.8 Å². The van der Waals surface area contributed by atoms with Crippen LogP contribution < -0.4 is 4.74 Å². The fourth-order valence-corrected chi connectivity index (χ4v) is 2.14. The van der Waals surface area contributed by atoms with Gasteiger partial charge >= 0.3 is 0 Å². The highest BCUT2D eigenvalue weighted by atomic mass is 32.1. The number of nitrogens with zero attached hydrogens (tertiary/aromatic N) is 1. The first kappa shape index (κ1) is 13.7. The van der Waals surface area contributed by atoms with Crippen molar-refractivity contribution < 1.29 is 4.74 Å². The summed E-state index contributed by atoms with van der Waals surface area (Å²) in [7, 11) is 1.67. The van der Waals surface area contributed by atoms with E-state index in [1.807, 2.05) is 18.2 Å². The third-order valence-corrected chi connectivity index (χ3v) is 3.16. The van der Waals surface area contributed by atoms with Crippen LogP contribution in [0.15, 0.2) is 24.3 Å². The van der Waals surface area contributed by atoms with E-state index in [1.54, 1.807) is 7.11 Å². The predicted molar refractivity (Wildman–Crippen MR) is 80.2 cm³/mol. The molecule has 100 valence electrons. The first-order chi connectivity index (χ1) is 9.01. The monoisotopic (exact) mass is 274 g/mol. The normalized spacial score (nSPS) is 10.8. The highest BCUT2D eigenvalue weighted by Crippen LogP contribution is 2.30. The van der Waals surface area contributed by atoms with Crippen LogP contribution in [0.3, 0.4) is 0 Å². The van der Waals surface area contributed by atoms with Crippen LogP contribution in [-0.4, -0.2) is 17.1 Å². The Labute approximate surface area is 118 Å². The number of aromatic amines is 1. The van der Waals surface area contributed by atoms with E-state index in [-0.39, 0.29) is 0 Å². The van der Waals surface area contributed by atoms with Crippen molar-refractivity contribution in [1.29, 1.82) is 0 Å². The second-order valence-electron chi connectivity index (χ2n) is 4.88. The van der Waals surface area contributed by atoms with Gasteiger partial charge in [-0.3, -0.25) is 0 Å². The average molecular weight is 274 g/mol. The van der Waals surface area contributed by atoms with Crippen LogP contribution in [0.25, 0.3) is 11.3 Å². The van der Waals surface area contributed by atoms with E-state index in [4.69, 9.17) is 17.0 Å². The SMILES string of the molecule is COc1ccc(C)cc1-c1cc(=S)nc(C(C)C)[nH]1. The third kappa shape index (κ3) is 3.01. The number of aromatic nitrogens is 2. The van der Waals surface area contributed by atoms with Crippen molar-refractivity contribution in [3.8, 4) is 17.0 Å². The number of hydrogen-bond acceptors (Lipinski definition) is 3. The largest absolute Gasteiger partial charge is 0.496 e. The second-order valence-corrected chi connectivity index (χ2v) is 5.30. The molecule has 0 unspecified atom stereocenters. The van der Waals surface area contributed by atoms with E-state index in [2.05, 4.69) is 36.8 Å². The minimum absolute atomic E-state index is 0.303. The average Bonchev–Trinajstić information content (AvgIpc) is 2.37. The van der Waals surface area contributed by atoms with E-state index >= 15 is 0 Å². The molecule has 2 rings (SSSR count). The van der Waals surface area contributed by atoms with E-state index in [9.17, 15) is 0 Å². The van der Waals surface area contributed by atoms with Crippen LogP contribution in [0.4, 0.5) is 0 Å². The molecule has 2 aromatic rings. The number of aryl methyl sites for hydroxylation is 1. The molecule has 0 aliphatic heterocycles. The molecule has 0 saturated heterocycles. The molecular weight excluding hydrogens is 256 g/mol. The first-order valence-electron chi connectivity index (χ1n) is 6.27. The smallest absolute Gasteiger partial charge is 0.130 e. The van der Waals surface area contributed by atoms with Crippen LogP contribution in [-0.2, 0) is 0 Å². The van der Waals surface area contributed by atoms with Gasteiger partial charge in [0.1, 0.15) is 16.2 Å². The zero-order chi connectivity index (χ0) is 14.0. The topological polar surface area (TPSA) is 37.9 Å². The molecule has 0 aliphatic carbocycles. The van der Waals surface area contributed by atoms with E-state index in [0.717, 1.165) is 22.8 Å². The van der Waals surface area contributed by atoms with Gasteiger partial charge in [-0.25, -0.2) is 4.98 Å². The summed E-state index contributed by atoms with van der Waals surface area (Å²) in [6.07, 6.45) is 0. The number of ether oxygens (including phenoxy) is 1. The van der Waals surface area contributed by atoms with Gasteiger partial charge in [-0.2, -0.15) is 0 Å². The van der Waals surface area contributed by atoms with Crippen molar-refractivity contribution in [1.82, 2.24) is 9.97 Å². The molecule has 4 heteroatoms. The summed E-state index contributed by atoms with van der Waals surface area (Å²) in [6, 6.07) is 7.96. The zero-order valence-electron chi connectivity index (χ0n) is 11.7. The molecule has 19 heavy (non-hydrogen) atoms. The van der Waals surface area contributed by atoms with E-state index < -0.39 is 0 Å². The predicted octanol–water partition coefficient (Wildman–Crippen LogP) is 4.25. The molecule has 0 spiro atoms. The summed E-state index contributed by atoms with van der Waals surface area (Å²) in [5.41, 5.74) is 3.14. The molecule has 0 fully saturated rings. The van der Waals surface area contributed by atoms with Crippen LogP contribution in [0.2, 0.25) is 0 Å². The fraction of sp³-hybridized carbons (Fsp3) is 0.333. The van der Waals surface area contributed by atoms with E-state index in [1.165, 1.54) is 5.56 Å². The minimum atomic E-state index is 0.303. The summed E-state index contributed by atoms with van der Waals surface area (Å²) < 4.78 is 6.02. The van der Waals surface area contributed by atoms with Crippen molar-refractivity contribution in [2.75, 3.05) is 7.11 Å². The van der Waals surface area contributed by atoms with Crippen LogP contribution in [0, 0.1) is 11.6 Å². The number of H-pyrrole nitrogens is 1. The Morgan fingerprint density at radius 3 is 2.63 bits per heavy atom. The van der Waals surface area contributed by atoms with Gasteiger partial charge in [0.25, 0.3) is 0 Å². The lowest BCUT2D eigenvalue weighted by atomic mass is 10.1. The van der Waals surface area contributed by atoms with Gasteiger partial charge in [0.15, 0.2) is 0 Å². The molecule has 1 N–H and O–H groups in total. The zero-order valence-corrected chi connectivity index (χ0v) is 12.5. The molecule has 1 aromatic carbocycles. The maximum atomic E-state index is 5.42. The summed E-state index contributed by atoms with van der Waals surface area (Å²) in [4.78, 5) is 7.70. The maximum absolute atomic E-state index is 5.42. The molecular formula is C15H18N2OS. The van der Waals surface area contributed by atoms with Crippen molar-refractivity contribution in [3.05, 3.63) is 40.3 Å². The maximum Gasteiger partial charge on any atom is 0.130 e. The van der Waals surface area contributed by atoms with Gasteiger partial charge in [-0.05, 0) is 25.1 Å². The summed E-state index contributed by atoms with van der Waals surface area (Å²) in [6.45, 7) is 6.23. The van der Waals surface area contributed by atoms with Crippen molar-refractivity contribution >= 4 is 12.2 Å². The van der Waals surface area contributed by atoms with Crippen LogP contribution in [0.1, 0.15) is 31.2 Å². The van der Waals surface area contributed by atoms with Crippen LogP contribution >= 0.6 is 12.2 Å². The number of benzene rings is 1. The summed E-state index contributed by atoms with van der Waals surface area (Å²) >= 11 is 5.25. The molecule has 0 bridgehead atoms. The molecule has 0 radical (unpaired) electrons. The molecule has 3 nitrogen and oxygen atoms in total. The molecule has 0 amide bonds. The van der Waals surface area contributed by atoms with Gasteiger partial charge in [-0.1, -0.05) is 37.7 Å². The number of hydrogen-bond donors (Lipinski definition) is 1. The Bertz CT molecular complexity index is 647. The number of methoxy groups -OCH3 is 1. The van der Waals surface area contributed by atoms with E-state index in [0.29, 0.717) is 10.6 Å². The van der Waals surface area contributed by atoms with Gasteiger partial charge in [0.2, 0.25) is 0 Å². The Morgan fingerprint density at radius 1 is 1.26 bits per heavy atom. The minimum Gasteiger partial charge on any atom is -0.496 e. The lowest BCUT2D eigenvalue weighted by molar-refractivity contribution is 0.416. The van der Waals surface area contributed by atoms with Crippen LogP contribution in [0.5, 0.6) is 5.75 Å². The molecule has 0 aliphatic rings. The molecule has 0 saturated carbocycles. The van der Waals surface area contributed by atoms with Gasteiger partial charge < -0.3 is 9.72 Å². The lowest BCUT2D eigenvalue weighted by Crippen LogP contribution is -2.00. The highest BCUT2D eigenvalue weighted by molar-refractivity contribution is 7.71. The fourth-order valence-electron chi connectivity index (χ4n) is 1.93. The van der Waals surface area contributed by atoms with Crippen molar-refractivity contribution in [2.45, 2.75) is 26.7 Å². The Balaban J connectivity index is 2.64. The Kier molecular flexibility index (Phi) is 4.00. The van der Waals surface area contributed by atoms with Crippen molar-refractivity contribution in [3.63, 3.8) is 0 Å². The number of rotatable bonds is 3. The second kappa shape index (κ2) is 5.53. The van der Waals surface area contributed by atoms with Crippen molar-refractivity contribution in [2.24, 2.45) is 0 Å². The Morgan fingerprint density at radius 2 is 2.00 bits per heavy atom. The summed E-state index contributed by atoms with van der Waals surface area (Å²) in [5, 5.41) is 0. The molecule has 1 aromatic heterocycles. The molecule has 1 heterocycles. The number of nitrogens with one attached hydrogen (secondary N) is 1.